The Hall–Kier alpha value is -2.92. The third-order valence-corrected chi connectivity index (χ3v) is 6.77. The fraction of sp³-hybridized carbons (Fsp3) is 0.407. The Morgan fingerprint density at radius 3 is 2.34 bits per heavy atom. The molecule has 32 heavy (non-hydrogen) atoms. The number of imide groups is 1. The van der Waals surface area contributed by atoms with Crippen molar-refractivity contribution in [3.8, 4) is 0 Å². The van der Waals surface area contributed by atoms with Gasteiger partial charge in [0.25, 0.3) is 11.8 Å². The van der Waals surface area contributed by atoms with E-state index >= 15 is 0 Å². The lowest BCUT2D eigenvalue weighted by molar-refractivity contribution is -0.120. The third-order valence-electron chi connectivity index (χ3n) is 6.77. The summed E-state index contributed by atoms with van der Waals surface area (Å²) in [5.41, 5.74) is 5.69. The largest absolute Gasteiger partial charge is 0.396 e. The molecule has 4 rings (SSSR count). The second-order valence-electron chi connectivity index (χ2n) is 9.35. The summed E-state index contributed by atoms with van der Waals surface area (Å²) >= 11 is 0. The van der Waals surface area contributed by atoms with Gasteiger partial charge in [-0.3, -0.25) is 9.59 Å². The lowest BCUT2D eigenvalue weighted by Crippen LogP contribution is -2.40. The molecule has 2 aromatic carbocycles. The topological polar surface area (TPSA) is 60.9 Å². The maximum atomic E-state index is 13.7. The van der Waals surface area contributed by atoms with Crippen LogP contribution < -0.4 is 4.90 Å². The Labute approximate surface area is 190 Å². The molecule has 168 valence electrons. The van der Waals surface area contributed by atoms with Gasteiger partial charge in [0.15, 0.2) is 0 Å². The van der Waals surface area contributed by atoms with Crippen LogP contribution in [0.25, 0.3) is 5.57 Å². The van der Waals surface area contributed by atoms with Gasteiger partial charge in [0.05, 0.1) is 11.3 Å². The van der Waals surface area contributed by atoms with Gasteiger partial charge in [-0.05, 0) is 72.9 Å². The number of rotatable bonds is 5. The van der Waals surface area contributed by atoms with Gasteiger partial charge in [-0.25, -0.2) is 4.90 Å². The number of hydrogen-bond acceptors (Lipinski definition) is 4. The zero-order valence-corrected chi connectivity index (χ0v) is 19.4. The maximum absolute atomic E-state index is 13.7. The van der Waals surface area contributed by atoms with E-state index in [2.05, 4.69) is 13.8 Å². The lowest BCUT2D eigenvalue weighted by atomic mass is 9.96. The molecule has 0 aromatic heterocycles. The van der Waals surface area contributed by atoms with E-state index in [1.54, 1.807) is 0 Å². The van der Waals surface area contributed by atoms with Crippen LogP contribution in [0.15, 0.2) is 48.2 Å². The van der Waals surface area contributed by atoms with E-state index in [1.807, 2.05) is 61.2 Å². The average molecular weight is 433 g/mol. The van der Waals surface area contributed by atoms with E-state index in [-0.39, 0.29) is 24.3 Å². The molecule has 1 fully saturated rings. The van der Waals surface area contributed by atoms with E-state index in [0.29, 0.717) is 36.0 Å². The Morgan fingerprint density at radius 1 is 1.00 bits per heavy atom. The van der Waals surface area contributed by atoms with Gasteiger partial charge in [-0.1, -0.05) is 44.2 Å². The van der Waals surface area contributed by atoms with Crippen LogP contribution in [-0.2, 0) is 9.59 Å². The van der Waals surface area contributed by atoms with Crippen molar-refractivity contribution in [2.24, 2.45) is 5.92 Å². The Bertz CT molecular complexity index is 1070. The molecule has 2 amide bonds. The summed E-state index contributed by atoms with van der Waals surface area (Å²) in [7, 11) is 0. The van der Waals surface area contributed by atoms with E-state index in [0.717, 1.165) is 35.1 Å². The molecule has 1 saturated heterocycles. The molecule has 5 heteroatoms. The smallest absolute Gasteiger partial charge is 0.282 e. The highest BCUT2D eigenvalue weighted by Gasteiger charge is 2.43. The second kappa shape index (κ2) is 8.91. The summed E-state index contributed by atoms with van der Waals surface area (Å²) in [4.78, 5) is 30.7. The Balaban J connectivity index is 1.80. The van der Waals surface area contributed by atoms with Crippen molar-refractivity contribution in [2.75, 3.05) is 24.6 Å². The van der Waals surface area contributed by atoms with E-state index in [9.17, 15) is 14.7 Å². The van der Waals surface area contributed by atoms with E-state index < -0.39 is 0 Å². The zero-order valence-electron chi connectivity index (χ0n) is 19.4. The second-order valence-corrected chi connectivity index (χ2v) is 9.35. The number of aryl methyl sites for hydroxylation is 2. The molecule has 5 nitrogen and oxygen atoms in total. The third kappa shape index (κ3) is 3.97. The highest BCUT2D eigenvalue weighted by Crippen LogP contribution is 2.37. The molecule has 1 atom stereocenters. The molecule has 1 unspecified atom stereocenters. The minimum absolute atomic E-state index is 0.0886. The van der Waals surface area contributed by atoms with Crippen molar-refractivity contribution in [3.63, 3.8) is 0 Å². The number of aliphatic hydroxyl groups is 1. The van der Waals surface area contributed by atoms with Gasteiger partial charge in [-0.2, -0.15) is 0 Å². The van der Waals surface area contributed by atoms with Crippen LogP contribution in [0.4, 0.5) is 5.69 Å². The molecule has 1 N–H and O–H groups in total. The fourth-order valence-corrected chi connectivity index (χ4v) is 4.63. The van der Waals surface area contributed by atoms with Gasteiger partial charge in [0.1, 0.15) is 5.70 Å². The molecular weight excluding hydrogens is 400 g/mol. The van der Waals surface area contributed by atoms with Gasteiger partial charge >= 0.3 is 0 Å². The predicted octanol–water partition coefficient (Wildman–Crippen LogP) is 4.42. The molecule has 0 radical (unpaired) electrons. The van der Waals surface area contributed by atoms with Crippen LogP contribution in [0.5, 0.6) is 0 Å². The summed E-state index contributed by atoms with van der Waals surface area (Å²) < 4.78 is 0. The summed E-state index contributed by atoms with van der Waals surface area (Å²) in [6, 6.07) is 13.6. The molecule has 0 bridgehead atoms. The Kier molecular flexibility index (Phi) is 6.20. The van der Waals surface area contributed by atoms with Gasteiger partial charge < -0.3 is 10.0 Å². The summed E-state index contributed by atoms with van der Waals surface area (Å²) in [5.74, 6) is -0.0760. The molecule has 0 aliphatic carbocycles. The number of piperidine rings is 1. The molecule has 2 aliphatic rings. The highest BCUT2D eigenvalue weighted by molar-refractivity contribution is 6.45. The first kappa shape index (κ1) is 22.3. The molecule has 2 aliphatic heterocycles. The number of hydrogen-bond donors (Lipinski definition) is 1. The maximum Gasteiger partial charge on any atom is 0.282 e. The first-order valence-electron chi connectivity index (χ1n) is 11.5. The van der Waals surface area contributed by atoms with Crippen molar-refractivity contribution >= 4 is 23.1 Å². The van der Waals surface area contributed by atoms with Gasteiger partial charge in [-0.15, -0.1) is 0 Å². The van der Waals surface area contributed by atoms with Gasteiger partial charge in [0.2, 0.25) is 0 Å². The van der Waals surface area contributed by atoms with Crippen LogP contribution in [0.3, 0.4) is 0 Å². The van der Waals surface area contributed by atoms with E-state index in [1.165, 1.54) is 4.90 Å². The minimum atomic E-state index is -0.281. The molecule has 2 heterocycles. The van der Waals surface area contributed by atoms with Gasteiger partial charge in [0, 0.05) is 19.7 Å². The zero-order chi connectivity index (χ0) is 23.0. The van der Waals surface area contributed by atoms with Crippen molar-refractivity contribution in [3.05, 3.63) is 70.4 Å². The minimum Gasteiger partial charge on any atom is -0.396 e. The highest BCUT2D eigenvalue weighted by atomic mass is 16.3. The SMILES string of the molecule is Cc1ccc(C2=C(N3CCCC(CO)C3)C(=O)N(c3ccc(C(C)C)cc3)C2=O)cc1C. The summed E-state index contributed by atoms with van der Waals surface area (Å²) in [6.45, 7) is 9.67. The van der Waals surface area contributed by atoms with E-state index in [4.69, 9.17) is 0 Å². The van der Waals surface area contributed by atoms with Crippen LogP contribution in [-0.4, -0.2) is 41.5 Å². The summed E-state index contributed by atoms with van der Waals surface area (Å²) in [6.07, 6.45) is 1.82. The first-order chi connectivity index (χ1) is 15.3. The molecule has 2 aromatic rings. The van der Waals surface area contributed by atoms with Crippen LogP contribution >= 0.6 is 0 Å². The first-order valence-corrected chi connectivity index (χ1v) is 11.5. The quantitative estimate of drug-likeness (QED) is 0.711. The number of likely N-dealkylation sites (tertiary alicyclic amines) is 1. The van der Waals surface area contributed by atoms with Crippen molar-refractivity contribution < 1.29 is 14.7 Å². The monoisotopic (exact) mass is 432 g/mol. The number of anilines is 1. The Morgan fingerprint density at radius 2 is 1.72 bits per heavy atom. The molecule has 0 saturated carbocycles. The lowest BCUT2D eigenvalue weighted by Gasteiger charge is -2.34. The number of aliphatic hydroxyl groups excluding tert-OH is 1. The van der Waals surface area contributed by atoms with Crippen LogP contribution in [0, 0.1) is 19.8 Å². The number of carbonyl (C=O) groups excluding carboxylic acids is 2. The number of nitrogens with zero attached hydrogens (tertiary/aromatic N) is 2. The van der Waals surface area contributed by atoms with Crippen molar-refractivity contribution in [1.82, 2.24) is 4.90 Å². The van der Waals surface area contributed by atoms with Crippen LogP contribution in [0.2, 0.25) is 0 Å². The van der Waals surface area contributed by atoms with Crippen molar-refractivity contribution in [2.45, 2.75) is 46.5 Å². The summed E-state index contributed by atoms with van der Waals surface area (Å²) in [5, 5.41) is 9.72. The fourth-order valence-electron chi connectivity index (χ4n) is 4.63. The molecule has 0 spiro atoms. The predicted molar refractivity (Wildman–Crippen MR) is 127 cm³/mol. The normalized spacial score (nSPS) is 19.5. The molecular formula is C27H32N2O3. The number of amides is 2. The van der Waals surface area contributed by atoms with Crippen LogP contribution in [0.1, 0.15) is 54.9 Å². The van der Waals surface area contributed by atoms with Crippen molar-refractivity contribution in [1.29, 1.82) is 0 Å². The average Bonchev–Trinajstić information content (AvgIpc) is 3.05. The number of carbonyl (C=O) groups is 2. The standard InChI is InChI=1S/C27H32N2O3/c1-17(2)21-9-11-23(12-10-21)29-26(31)24(22-8-7-18(3)19(4)14-22)25(27(29)32)28-13-5-6-20(15-28)16-30/h7-12,14,17,20,30H,5-6,13,15-16H2,1-4H3. The number of benzene rings is 2.